The van der Waals surface area contributed by atoms with Crippen molar-refractivity contribution in [2.24, 2.45) is 11.8 Å². The Balaban J connectivity index is 2.12. The Morgan fingerprint density at radius 3 is 2.50 bits per heavy atom. The number of benzene rings is 1. The van der Waals surface area contributed by atoms with E-state index in [1.54, 1.807) is 36.9 Å². The van der Waals surface area contributed by atoms with Crippen LogP contribution in [0, 0.1) is 25.7 Å². The summed E-state index contributed by atoms with van der Waals surface area (Å²) in [6.45, 7) is 3.10. The minimum Gasteiger partial charge on any atom is -0.481 e. The molecule has 1 aromatic carbocycles. The number of aliphatic carboxylic acids is 1. The van der Waals surface area contributed by atoms with Crippen LogP contribution >= 0.6 is 0 Å². The number of nitrogens with zero attached hydrogens (tertiary/aromatic N) is 2. The van der Waals surface area contributed by atoms with Gasteiger partial charge in [0.2, 0.25) is 0 Å². The van der Waals surface area contributed by atoms with Crippen LogP contribution in [0.5, 0.6) is 0 Å². The highest BCUT2D eigenvalue weighted by Crippen LogP contribution is 2.42. The number of anilines is 1. The van der Waals surface area contributed by atoms with E-state index in [9.17, 15) is 23.1 Å². The summed E-state index contributed by atoms with van der Waals surface area (Å²) >= 11 is 0. The number of halogens is 3. The van der Waals surface area contributed by atoms with Crippen molar-refractivity contribution in [2.45, 2.75) is 20.0 Å². The monoisotopic (exact) mass is 338 g/mol. The van der Waals surface area contributed by atoms with Gasteiger partial charge in [0.15, 0.2) is 0 Å². The Bertz CT molecular complexity index is 804. The van der Waals surface area contributed by atoms with Crippen molar-refractivity contribution >= 4 is 22.6 Å². The first-order valence-electron chi connectivity index (χ1n) is 7.60. The number of carboxylic acid groups (broad SMARTS) is 1. The molecule has 0 spiro atoms. The molecule has 1 N–H and O–H groups in total. The van der Waals surface area contributed by atoms with Crippen molar-refractivity contribution in [3.05, 3.63) is 35.5 Å². The quantitative estimate of drug-likeness (QED) is 0.910. The second-order valence-corrected chi connectivity index (χ2v) is 6.19. The van der Waals surface area contributed by atoms with Crippen LogP contribution in [0.1, 0.15) is 11.3 Å². The molecule has 1 saturated heterocycles. The minimum atomic E-state index is -4.54. The Hall–Kier alpha value is -2.31. The number of alkyl halides is 3. The van der Waals surface area contributed by atoms with E-state index in [-0.39, 0.29) is 13.1 Å². The zero-order valence-corrected chi connectivity index (χ0v) is 13.3. The maximum absolute atomic E-state index is 13.3. The van der Waals surface area contributed by atoms with Crippen molar-refractivity contribution in [2.75, 3.05) is 18.0 Å². The minimum absolute atomic E-state index is 0.159. The lowest BCUT2D eigenvalue weighted by Gasteiger charge is -2.24. The van der Waals surface area contributed by atoms with Crippen molar-refractivity contribution in [3.8, 4) is 0 Å². The van der Waals surface area contributed by atoms with E-state index in [2.05, 4.69) is 4.98 Å². The van der Waals surface area contributed by atoms with Crippen LogP contribution in [-0.4, -0.2) is 35.3 Å². The van der Waals surface area contributed by atoms with Crippen LogP contribution in [0.15, 0.2) is 24.3 Å². The van der Waals surface area contributed by atoms with Gasteiger partial charge >= 0.3 is 12.1 Å². The molecule has 0 amide bonds. The van der Waals surface area contributed by atoms with Gasteiger partial charge in [-0.05, 0) is 25.5 Å². The number of aromatic nitrogens is 1. The molecule has 0 unspecified atom stereocenters. The third-order valence-electron chi connectivity index (χ3n) is 4.72. The maximum atomic E-state index is 13.3. The molecule has 2 aromatic rings. The van der Waals surface area contributed by atoms with Gasteiger partial charge in [-0.3, -0.25) is 9.78 Å². The number of rotatable bonds is 2. The number of fused-ring (bicyclic) bond motifs is 1. The molecule has 7 heteroatoms. The van der Waals surface area contributed by atoms with Gasteiger partial charge in [0, 0.05) is 24.2 Å². The van der Waals surface area contributed by atoms with E-state index in [1.165, 1.54) is 0 Å². The van der Waals surface area contributed by atoms with Crippen molar-refractivity contribution in [1.29, 1.82) is 0 Å². The number of pyridine rings is 1. The van der Waals surface area contributed by atoms with Gasteiger partial charge in [-0.2, -0.15) is 13.2 Å². The fourth-order valence-corrected chi connectivity index (χ4v) is 3.39. The lowest BCUT2D eigenvalue weighted by atomic mass is 9.96. The lowest BCUT2D eigenvalue weighted by Crippen LogP contribution is -2.33. The Morgan fingerprint density at radius 2 is 1.92 bits per heavy atom. The second-order valence-electron chi connectivity index (χ2n) is 6.19. The summed E-state index contributed by atoms with van der Waals surface area (Å²) in [5.74, 6) is -4.74. The molecule has 0 bridgehead atoms. The molecule has 2 heterocycles. The SMILES string of the molecule is Cc1nc2ccccc2c(N2C[C@@H](C(F)(F)F)[C@H](C(=O)O)C2)c1C. The van der Waals surface area contributed by atoms with Crippen molar-refractivity contribution < 1.29 is 23.1 Å². The number of carbonyl (C=O) groups is 1. The maximum Gasteiger partial charge on any atom is 0.394 e. The van der Waals surface area contributed by atoms with Gasteiger partial charge in [0.05, 0.1) is 23.0 Å². The zero-order chi connectivity index (χ0) is 17.6. The van der Waals surface area contributed by atoms with Crippen molar-refractivity contribution in [3.63, 3.8) is 0 Å². The molecule has 4 nitrogen and oxygen atoms in total. The van der Waals surface area contributed by atoms with E-state index in [4.69, 9.17) is 0 Å². The molecule has 0 saturated carbocycles. The summed E-state index contributed by atoms with van der Waals surface area (Å²) in [5, 5.41) is 9.95. The summed E-state index contributed by atoms with van der Waals surface area (Å²) in [4.78, 5) is 17.3. The number of aryl methyl sites for hydroxylation is 1. The fraction of sp³-hybridized carbons (Fsp3) is 0.412. The summed E-state index contributed by atoms with van der Waals surface area (Å²) in [5.41, 5.74) is 2.85. The molecular weight excluding hydrogens is 321 g/mol. The van der Waals surface area contributed by atoms with Gasteiger partial charge in [-0.1, -0.05) is 18.2 Å². The fourth-order valence-electron chi connectivity index (χ4n) is 3.39. The van der Waals surface area contributed by atoms with Crippen LogP contribution in [0.2, 0.25) is 0 Å². The largest absolute Gasteiger partial charge is 0.481 e. The predicted octanol–water partition coefficient (Wildman–Crippen LogP) is 3.55. The van der Waals surface area contributed by atoms with Crippen molar-refractivity contribution in [1.82, 2.24) is 4.98 Å². The van der Waals surface area contributed by atoms with Gasteiger partial charge in [0.25, 0.3) is 0 Å². The summed E-state index contributed by atoms with van der Waals surface area (Å²) in [7, 11) is 0. The summed E-state index contributed by atoms with van der Waals surface area (Å²) in [6.07, 6.45) is -4.54. The van der Waals surface area contributed by atoms with Gasteiger partial charge in [0.1, 0.15) is 0 Å². The number of hydrogen-bond acceptors (Lipinski definition) is 3. The number of hydrogen-bond donors (Lipinski definition) is 1. The highest BCUT2D eigenvalue weighted by Gasteiger charge is 2.53. The molecular formula is C17H17F3N2O2. The highest BCUT2D eigenvalue weighted by molar-refractivity contribution is 5.94. The van der Waals surface area contributed by atoms with E-state index in [1.807, 2.05) is 6.07 Å². The van der Waals surface area contributed by atoms with Crippen LogP contribution in [0.25, 0.3) is 10.9 Å². The molecule has 24 heavy (non-hydrogen) atoms. The van der Waals surface area contributed by atoms with E-state index < -0.39 is 24.0 Å². The molecule has 128 valence electrons. The predicted molar refractivity (Wildman–Crippen MR) is 84.1 cm³/mol. The average molecular weight is 338 g/mol. The van der Waals surface area contributed by atoms with Crippen LogP contribution < -0.4 is 4.90 Å². The molecule has 1 aliphatic heterocycles. The highest BCUT2D eigenvalue weighted by atomic mass is 19.4. The van der Waals surface area contributed by atoms with Crippen LogP contribution in [0.3, 0.4) is 0 Å². The van der Waals surface area contributed by atoms with Crippen LogP contribution in [-0.2, 0) is 4.79 Å². The normalized spacial score (nSPS) is 21.5. The van der Waals surface area contributed by atoms with E-state index in [0.29, 0.717) is 11.2 Å². The summed E-state index contributed by atoms with van der Waals surface area (Å²) < 4.78 is 39.8. The average Bonchev–Trinajstić information content (AvgIpc) is 2.94. The molecule has 1 fully saturated rings. The standard InChI is InChI=1S/C17H17F3N2O2/c1-9-10(2)21-14-6-4-3-5-11(14)15(9)22-7-12(16(23)24)13(8-22)17(18,19)20/h3-6,12-13H,7-8H2,1-2H3,(H,23,24)/t12-,13-/m1/s1. The number of carboxylic acids is 1. The van der Waals surface area contributed by atoms with Gasteiger partial charge in [-0.25, -0.2) is 0 Å². The topological polar surface area (TPSA) is 53.4 Å². The lowest BCUT2D eigenvalue weighted by molar-refractivity contribution is -0.187. The Labute approximate surface area is 136 Å². The molecule has 3 rings (SSSR count). The Kier molecular flexibility index (Phi) is 3.89. The third-order valence-corrected chi connectivity index (χ3v) is 4.72. The molecule has 1 aliphatic rings. The first kappa shape index (κ1) is 16.5. The molecule has 0 aliphatic carbocycles. The molecule has 1 aromatic heterocycles. The zero-order valence-electron chi connectivity index (χ0n) is 13.3. The van der Waals surface area contributed by atoms with E-state index >= 15 is 0 Å². The summed E-state index contributed by atoms with van der Waals surface area (Å²) in [6, 6.07) is 7.22. The smallest absolute Gasteiger partial charge is 0.394 e. The third kappa shape index (κ3) is 2.68. The van der Waals surface area contributed by atoms with Gasteiger partial charge in [-0.15, -0.1) is 0 Å². The first-order valence-corrected chi connectivity index (χ1v) is 7.60. The van der Waals surface area contributed by atoms with Crippen LogP contribution in [0.4, 0.5) is 18.9 Å². The van der Waals surface area contributed by atoms with E-state index in [0.717, 1.165) is 16.6 Å². The molecule has 0 radical (unpaired) electrons. The molecule has 2 atom stereocenters. The van der Waals surface area contributed by atoms with Gasteiger partial charge < -0.3 is 10.0 Å². The Morgan fingerprint density at radius 1 is 1.25 bits per heavy atom. The first-order chi connectivity index (χ1) is 11.2. The number of para-hydroxylation sites is 1. The second kappa shape index (κ2) is 5.65.